The van der Waals surface area contributed by atoms with Crippen LogP contribution < -0.4 is 0 Å². The van der Waals surface area contributed by atoms with Crippen molar-refractivity contribution in [1.29, 1.82) is 0 Å². The molecular formula is C12H22Cl2S. The standard InChI is InChI=1S/C12H22Cl2S/c1-2-15-8-7-12(9-13,10-14)11-5-3-4-6-11/h11H,2-10H2,1H3. The fourth-order valence-electron chi connectivity index (χ4n) is 2.55. The van der Waals surface area contributed by atoms with Gasteiger partial charge in [-0.05, 0) is 36.7 Å². The van der Waals surface area contributed by atoms with E-state index < -0.39 is 0 Å². The minimum atomic E-state index is 0.224. The fourth-order valence-corrected chi connectivity index (χ4v) is 4.38. The molecule has 1 aliphatic carbocycles. The summed E-state index contributed by atoms with van der Waals surface area (Å²) in [6.07, 6.45) is 6.64. The van der Waals surface area contributed by atoms with Crippen LogP contribution in [0.5, 0.6) is 0 Å². The van der Waals surface area contributed by atoms with Gasteiger partial charge in [-0.25, -0.2) is 0 Å². The van der Waals surface area contributed by atoms with E-state index in [0.717, 1.165) is 17.7 Å². The van der Waals surface area contributed by atoms with Crippen LogP contribution in [-0.2, 0) is 0 Å². The van der Waals surface area contributed by atoms with Gasteiger partial charge in [0.05, 0.1) is 0 Å². The number of halogens is 2. The summed E-state index contributed by atoms with van der Waals surface area (Å²) in [7, 11) is 0. The highest BCUT2D eigenvalue weighted by Crippen LogP contribution is 2.44. The molecule has 0 unspecified atom stereocenters. The van der Waals surface area contributed by atoms with Crippen LogP contribution >= 0.6 is 35.0 Å². The van der Waals surface area contributed by atoms with E-state index in [2.05, 4.69) is 6.92 Å². The monoisotopic (exact) mass is 268 g/mol. The highest BCUT2D eigenvalue weighted by molar-refractivity contribution is 7.99. The average Bonchev–Trinajstić information content (AvgIpc) is 2.79. The first-order valence-electron chi connectivity index (χ1n) is 5.98. The Morgan fingerprint density at radius 1 is 1.20 bits per heavy atom. The normalized spacial score (nSPS) is 18.6. The Morgan fingerprint density at radius 2 is 1.80 bits per heavy atom. The van der Waals surface area contributed by atoms with Gasteiger partial charge in [0.15, 0.2) is 0 Å². The van der Waals surface area contributed by atoms with E-state index in [-0.39, 0.29) is 5.41 Å². The van der Waals surface area contributed by atoms with E-state index in [1.165, 1.54) is 43.6 Å². The zero-order valence-corrected chi connectivity index (χ0v) is 11.9. The molecule has 0 aliphatic heterocycles. The smallest absolute Gasteiger partial charge is 0.0294 e. The van der Waals surface area contributed by atoms with E-state index in [9.17, 15) is 0 Å². The molecule has 0 heterocycles. The second-order valence-corrected chi connectivity index (χ2v) is 6.49. The molecule has 0 bridgehead atoms. The Kier molecular flexibility index (Phi) is 6.80. The largest absolute Gasteiger partial charge is 0.162 e. The zero-order valence-electron chi connectivity index (χ0n) is 9.61. The maximum absolute atomic E-state index is 6.19. The van der Waals surface area contributed by atoms with Crippen LogP contribution in [0.4, 0.5) is 0 Å². The van der Waals surface area contributed by atoms with E-state index in [4.69, 9.17) is 23.2 Å². The van der Waals surface area contributed by atoms with Gasteiger partial charge < -0.3 is 0 Å². The third-order valence-electron chi connectivity index (χ3n) is 3.70. The minimum Gasteiger partial charge on any atom is -0.162 e. The predicted molar refractivity (Wildman–Crippen MR) is 73.4 cm³/mol. The second kappa shape index (κ2) is 7.29. The van der Waals surface area contributed by atoms with Crippen molar-refractivity contribution in [3.63, 3.8) is 0 Å². The lowest BCUT2D eigenvalue weighted by Gasteiger charge is -2.36. The van der Waals surface area contributed by atoms with Crippen molar-refractivity contribution in [2.75, 3.05) is 23.3 Å². The van der Waals surface area contributed by atoms with Crippen LogP contribution in [0.1, 0.15) is 39.0 Å². The summed E-state index contributed by atoms with van der Waals surface area (Å²) in [6, 6.07) is 0. The Hall–Kier alpha value is 0.930. The summed E-state index contributed by atoms with van der Waals surface area (Å²) in [5.41, 5.74) is 0.224. The average molecular weight is 269 g/mol. The Bertz CT molecular complexity index is 163. The van der Waals surface area contributed by atoms with Gasteiger partial charge in [-0.3, -0.25) is 0 Å². The summed E-state index contributed by atoms with van der Waals surface area (Å²) in [6.45, 7) is 2.21. The van der Waals surface area contributed by atoms with Gasteiger partial charge in [0.1, 0.15) is 0 Å². The molecule has 1 rings (SSSR count). The van der Waals surface area contributed by atoms with E-state index in [0.29, 0.717) is 0 Å². The zero-order chi connectivity index (χ0) is 11.1. The molecule has 0 aromatic heterocycles. The van der Waals surface area contributed by atoms with Crippen molar-refractivity contribution in [3.05, 3.63) is 0 Å². The first-order chi connectivity index (χ1) is 7.29. The molecule has 0 aromatic rings. The quantitative estimate of drug-likeness (QED) is 0.473. The van der Waals surface area contributed by atoms with Crippen molar-refractivity contribution in [2.24, 2.45) is 11.3 Å². The van der Waals surface area contributed by atoms with Crippen molar-refractivity contribution in [1.82, 2.24) is 0 Å². The number of hydrogen-bond donors (Lipinski definition) is 0. The van der Waals surface area contributed by atoms with Gasteiger partial charge in [-0.15, -0.1) is 23.2 Å². The van der Waals surface area contributed by atoms with Crippen LogP contribution in [0.2, 0.25) is 0 Å². The lowest BCUT2D eigenvalue weighted by atomic mass is 9.75. The molecule has 0 radical (unpaired) electrons. The molecule has 0 atom stereocenters. The molecule has 0 N–H and O–H groups in total. The van der Waals surface area contributed by atoms with E-state index in [1.807, 2.05) is 11.8 Å². The van der Waals surface area contributed by atoms with Gasteiger partial charge in [-0.2, -0.15) is 11.8 Å². The molecular weight excluding hydrogens is 247 g/mol. The summed E-state index contributed by atoms with van der Waals surface area (Å²) < 4.78 is 0. The second-order valence-electron chi connectivity index (χ2n) is 4.56. The molecule has 90 valence electrons. The number of alkyl halides is 2. The molecule has 0 spiro atoms. The lowest BCUT2D eigenvalue weighted by Crippen LogP contribution is -2.34. The number of hydrogen-bond acceptors (Lipinski definition) is 1. The van der Waals surface area contributed by atoms with Crippen molar-refractivity contribution in [3.8, 4) is 0 Å². The summed E-state index contributed by atoms with van der Waals surface area (Å²) in [5.74, 6) is 4.68. The third-order valence-corrected chi connectivity index (χ3v) is 5.67. The maximum Gasteiger partial charge on any atom is 0.0294 e. The summed E-state index contributed by atoms with van der Waals surface area (Å²) >= 11 is 14.4. The van der Waals surface area contributed by atoms with E-state index >= 15 is 0 Å². The molecule has 0 amide bonds. The molecule has 3 heteroatoms. The maximum atomic E-state index is 6.19. The Balaban J connectivity index is 2.50. The topological polar surface area (TPSA) is 0 Å². The van der Waals surface area contributed by atoms with Crippen molar-refractivity contribution >= 4 is 35.0 Å². The third kappa shape index (κ3) is 3.71. The molecule has 1 saturated carbocycles. The summed E-state index contributed by atoms with van der Waals surface area (Å²) in [5, 5.41) is 0. The van der Waals surface area contributed by atoms with Crippen molar-refractivity contribution in [2.45, 2.75) is 39.0 Å². The Morgan fingerprint density at radius 3 is 2.27 bits per heavy atom. The molecule has 0 saturated heterocycles. The van der Waals surface area contributed by atoms with Crippen LogP contribution in [0.25, 0.3) is 0 Å². The van der Waals surface area contributed by atoms with Crippen LogP contribution in [0, 0.1) is 11.3 Å². The van der Waals surface area contributed by atoms with Gasteiger partial charge >= 0.3 is 0 Å². The molecule has 1 fully saturated rings. The molecule has 0 nitrogen and oxygen atoms in total. The predicted octanol–water partition coefficient (Wildman–Crippen LogP) is 4.78. The van der Waals surface area contributed by atoms with Crippen molar-refractivity contribution < 1.29 is 0 Å². The van der Waals surface area contributed by atoms with Crippen LogP contribution in [0.15, 0.2) is 0 Å². The first-order valence-corrected chi connectivity index (χ1v) is 8.21. The van der Waals surface area contributed by atoms with Gasteiger partial charge in [-0.1, -0.05) is 19.8 Å². The molecule has 15 heavy (non-hydrogen) atoms. The van der Waals surface area contributed by atoms with Gasteiger partial charge in [0, 0.05) is 17.2 Å². The number of thioether (sulfide) groups is 1. The summed E-state index contributed by atoms with van der Waals surface area (Å²) in [4.78, 5) is 0. The van der Waals surface area contributed by atoms with Gasteiger partial charge in [0.25, 0.3) is 0 Å². The highest BCUT2D eigenvalue weighted by atomic mass is 35.5. The lowest BCUT2D eigenvalue weighted by molar-refractivity contribution is 0.220. The fraction of sp³-hybridized carbons (Fsp3) is 1.00. The molecule has 1 aliphatic rings. The van der Waals surface area contributed by atoms with Crippen LogP contribution in [-0.4, -0.2) is 23.3 Å². The number of rotatable bonds is 7. The minimum absolute atomic E-state index is 0.224. The van der Waals surface area contributed by atoms with E-state index in [1.54, 1.807) is 0 Å². The first kappa shape index (κ1) is 14.0. The Labute approximate surface area is 108 Å². The van der Waals surface area contributed by atoms with Gasteiger partial charge in [0.2, 0.25) is 0 Å². The molecule has 0 aromatic carbocycles. The highest BCUT2D eigenvalue weighted by Gasteiger charge is 2.38. The SMILES string of the molecule is CCSCCC(CCl)(CCl)C1CCCC1. The van der Waals surface area contributed by atoms with Crippen LogP contribution in [0.3, 0.4) is 0 Å².